The van der Waals surface area contributed by atoms with Crippen molar-refractivity contribution in [3.05, 3.63) is 58.9 Å². The number of amides is 1. The largest absolute Gasteiger partial charge is 0.399 e. The van der Waals surface area contributed by atoms with E-state index in [-0.39, 0.29) is 11.4 Å². The Morgan fingerprint density at radius 1 is 1.22 bits per heavy atom. The number of nitrogen functional groups attached to an aromatic ring is 1. The Morgan fingerprint density at radius 2 is 1.94 bits per heavy atom. The predicted octanol–water partition coefficient (Wildman–Crippen LogP) is 3.31. The topological polar surface area (TPSA) is 55.1 Å². The molecule has 0 bridgehead atoms. The zero-order chi connectivity index (χ0) is 13.1. The van der Waals surface area contributed by atoms with Crippen LogP contribution in [0.5, 0.6) is 0 Å². The molecule has 0 aliphatic carbocycles. The van der Waals surface area contributed by atoms with Gasteiger partial charge in [-0.15, -0.1) is 0 Å². The van der Waals surface area contributed by atoms with E-state index in [1.807, 2.05) is 0 Å². The average Bonchev–Trinajstić information content (AvgIpc) is 2.27. The van der Waals surface area contributed by atoms with Crippen molar-refractivity contribution in [2.45, 2.75) is 0 Å². The van der Waals surface area contributed by atoms with E-state index in [0.29, 0.717) is 10.6 Å². The van der Waals surface area contributed by atoms with E-state index in [2.05, 4.69) is 5.32 Å². The third-order valence-corrected chi connectivity index (χ3v) is 2.63. The van der Waals surface area contributed by atoms with Crippen LogP contribution in [-0.2, 0) is 0 Å². The summed E-state index contributed by atoms with van der Waals surface area (Å²) in [5, 5.41) is 2.87. The van der Waals surface area contributed by atoms with E-state index in [1.54, 1.807) is 24.3 Å². The summed E-state index contributed by atoms with van der Waals surface area (Å²) in [4.78, 5) is 11.9. The normalized spacial score (nSPS) is 10.1. The fraction of sp³-hybridized carbons (Fsp3) is 0. The van der Waals surface area contributed by atoms with Crippen molar-refractivity contribution in [1.29, 1.82) is 0 Å². The lowest BCUT2D eigenvalue weighted by molar-refractivity contribution is 0.102. The second-order valence-electron chi connectivity index (χ2n) is 3.71. The molecule has 0 saturated carbocycles. The first kappa shape index (κ1) is 12.4. The maximum atomic E-state index is 13.1. The SMILES string of the molecule is Nc1cc(F)cc(NC(=O)c2ccccc2Cl)c1. The molecule has 1 amide bonds. The highest BCUT2D eigenvalue weighted by Gasteiger charge is 2.10. The highest BCUT2D eigenvalue weighted by atomic mass is 35.5. The highest BCUT2D eigenvalue weighted by Crippen LogP contribution is 2.19. The number of nitrogens with one attached hydrogen (secondary N) is 1. The van der Waals surface area contributed by atoms with Crippen molar-refractivity contribution < 1.29 is 9.18 Å². The first-order valence-electron chi connectivity index (χ1n) is 5.18. The molecule has 0 heterocycles. The Kier molecular flexibility index (Phi) is 3.48. The zero-order valence-corrected chi connectivity index (χ0v) is 10.0. The van der Waals surface area contributed by atoms with Gasteiger partial charge in [-0.2, -0.15) is 0 Å². The third kappa shape index (κ3) is 2.78. The summed E-state index contributed by atoms with van der Waals surface area (Å²) < 4.78 is 13.1. The van der Waals surface area contributed by atoms with Crippen LogP contribution in [0.25, 0.3) is 0 Å². The minimum atomic E-state index is -0.510. The van der Waals surface area contributed by atoms with Crippen LogP contribution in [0.3, 0.4) is 0 Å². The molecule has 0 spiro atoms. The fourth-order valence-corrected chi connectivity index (χ4v) is 1.75. The van der Waals surface area contributed by atoms with Gasteiger partial charge in [-0.05, 0) is 30.3 Å². The van der Waals surface area contributed by atoms with Crippen molar-refractivity contribution in [3.8, 4) is 0 Å². The lowest BCUT2D eigenvalue weighted by Gasteiger charge is -2.07. The summed E-state index contributed by atoms with van der Waals surface area (Å²) in [5.41, 5.74) is 6.34. The predicted molar refractivity (Wildman–Crippen MR) is 70.2 cm³/mol. The minimum Gasteiger partial charge on any atom is -0.399 e. The van der Waals surface area contributed by atoms with Crippen molar-refractivity contribution in [2.24, 2.45) is 0 Å². The van der Waals surface area contributed by atoms with Crippen LogP contribution in [0.1, 0.15) is 10.4 Å². The van der Waals surface area contributed by atoms with Crippen LogP contribution in [0, 0.1) is 5.82 Å². The van der Waals surface area contributed by atoms with Gasteiger partial charge >= 0.3 is 0 Å². The molecule has 0 atom stereocenters. The second kappa shape index (κ2) is 5.06. The Hall–Kier alpha value is -2.07. The number of hydrogen-bond donors (Lipinski definition) is 2. The molecule has 0 saturated heterocycles. The number of carbonyl (C=O) groups is 1. The molecule has 3 N–H and O–H groups in total. The van der Waals surface area contributed by atoms with Crippen LogP contribution in [0.4, 0.5) is 15.8 Å². The molecule has 18 heavy (non-hydrogen) atoms. The summed E-state index contributed by atoms with van der Waals surface area (Å²) in [7, 11) is 0. The molecule has 5 heteroatoms. The van der Waals surface area contributed by atoms with E-state index in [4.69, 9.17) is 17.3 Å². The average molecular weight is 265 g/mol. The first-order chi connectivity index (χ1) is 8.56. The van der Waals surface area contributed by atoms with Gasteiger partial charge in [0.25, 0.3) is 5.91 Å². The zero-order valence-electron chi connectivity index (χ0n) is 9.28. The molecule has 0 aromatic heterocycles. The van der Waals surface area contributed by atoms with Crippen LogP contribution in [0.2, 0.25) is 5.02 Å². The molecular formula is C13H10ClFN2O. The van der Waals surface area contributed by atoms with Crippen molar-refractivity contribution in [1.82, 2.24) is 0 Å². The van der Waals surface area contributed by atoms with E-state index in [9.17, 15) is 9.18 Å². The molecule has 2 rings (SSSR count). The Morgan fingerprint density at radius 3 is 2.61 bits per heavy atom. The van der Waals surface area contributed by atoms with Gasteiger partial charge in [0.2, 0.25) is 0 Å². The van der Waals surface area contributed by atoms with Crippen LogP contribution in [-0.4, -0.2) is 5.91 Å². The Labute approximate surface area is 108 Å². The minimum absolute atomic E-state index is 0.240. The molecule has 0 unspecified atom stereocenters. The molecule has 92 valence electrons. The van der Waals surface area contributed by atoms with E-state index < -0.39 is 11.7 Å². The summed E-state index contributed by atoms with van der Waals surface area (Å²) in [6.45, 7) is 0. The van der Waals surface area contributed by atoms with Gasteiger partial charge in [-0.3, -0.25) is 4.79 Å². The summed E-state index contributed by atoms with van der Waals surface area (Å²) in [6, 6.07) is 10.4. The third-order valence-electron chi connectivity index (χ3n) is 2.30. The number of hydrogen-bond acceptors (Lipinski definition) is 2. The van der Waals surface area contributed by atoms with Crippen LogP contribution in [0.15, 0.2) is 42.5 Å². The van der Waals surface area contributed by atoms with Crippen molar-refractivity contribution in [3.63, 3.8) is 0 Å². The van der Waals surface area contributed by atoms with Crippen molar-refractivity contribution in [2.75, 3.05) is 11.1 Å². The Bertz CT molecular complexity index is 581. The van der Waals surface area contributed by atoms with E-state index in [0.717, 1.165) is 0 Å². The van der Waals surface area contributed by atoms with Gasteiger partial charge in [0, 0.05) is 11.4 Å². The van der Waals surface area contributed by atoms with Gasteiger partial charge in [0.15, 0.2) is 0 Å². The molecule has 3 nitrogen and oxygen atoms in total. The molecule has 2 aromatic carbocycles. The monoisotopic (exact) mass is 264 g/mol. The number of rotatable bonds is 2. The summed E-state index contributed by atoms with van der Waals surface area (Å²) in [6.07, 6.45) is 0. The molecule has 2 aromatic rings. The lowest BCUT2D eigenvalue weighted by Crippen LogP contribution is -2.12. The lowest BCUT2D eigenvalue weighted by atomic mass is 10.2. The van der Waals surface area contributed by atoms with Crippen molar-refractivity contribution >= 4 is 28.9 Å². The fourth-order valence-electron chi connectivity index (χ4n) is 1.53. The number of benzene rings is 2. The van der Waals surface area contributed by atoms with Crippen LogP contribution < -0.4 is 11.1 Å². The van der Waals surface area contributed by atoms with E-state index >= 15 is 0 Å². The highest BCUT2D eigenvalue weighted by molar-refractivity contribution is 6.34. The number of nitrogens with two attached hydrogens (primary N) is 1. The van der Waals surface area contributed by atoms with Crippen LogP contribution >= 0.6 is 11.6 Å². The number of halogens is 2. The van der Waals surface area contributed by atoms with Gasteiger partial charge < -0.3 is 11.1 Å². The Balaban J connectivity index is 2.24. The summed E-state index contributed by atoms with van der Waals surface area (Å²) >= 11 is 5.89. The van der Waals surface area contributed by atoms with E-state index in [1.165, 1.54) is 18.2 Å². The molecule has 0 radical (unpaired) electrons. The van der Waals surface area contributed by atoms with Gasteiger partial charge in [0.05, 0.1) is 10.6 Å². The second-order valence-corrected chi connectivity index (χ2v) is 4.11. The number of carbonyl (C=O) groups excluding carboxylic acids is 1. The van der Waals surface area contributed by atoms with Gasteiger partial charge in [0.1, 0.15) is 5.82 Å². The maximum Gasteiger partial charge on any atom is 0.257 e. The first-order valence-corrected chi connectivity index (χ1v) is 5.56. The number of anilines is 2. The molecule has 0 aliphatic rings. The molecular weight excluding hydrogens is 255 g/mol. The molecule has 0 aliphatic heterocycles. The maximum absolute atomic E-state index is 13.1. The molecule has 0 fully saturated rings. The summed E-state index contributed by atoms with van der Waals surface area (Å²) in [5.74, 6) is -0.921. The standard InChI is InChI=1S/C13H10ClFN2O/c14-12-4-2-1-3-11(12)13(18)17-10-6-8(15)5-9(16)7-10/h1-7H,16H2,(H,17,18). The quantitative estimate of drug-likeness (QED) is 0.818. The van der Waals surface area contributed by atoms with Gasteiger partial charge in [-0.25, -0.2) is 4.39 Å². The van der Waals surface area contributed by atoms with Gasteiger partial charge in [-0.1, -0.05) is 23.7 Å². The smallest absolute Gasteiger partial charge is 0.257 e.